The van der Waals surface area contributed by atoms with Gasteiger partial charge >= 0.3 is 12.1 Å². The molecule has 0 radical (unpaired) electrons. The fraction of sp³-hybridized carbons (Fsp3) is 0.217. The number of carbonyl (C=O) groups excluding carboxylic acids is 1. The lowest BCUT2D eigenvalue weighted by molar-refractivity contribution is -0.138. The number of rotatable bonds is 6. The van der Waals surface area contributed by atoms with Gasteiger partial charge in [-0.2, -0.15) is 13.2 Å². The first-order chi connectivity index (χ1) is 14.2. The van der Waals surface area contributed by atoms with E-state index in [0.717, 1.165) is 28.5 Å². The molecule has 1 amide bonds. The van der Waals surface area contributed by atoms with Crippen molar-refractivity contribution in [1.82, 2.24) is 0 Å². The number of hydrogen-bond acceptors (Lipinski definition) is 2. The first-order valence-electron chi connectivity index (χ1n) is 9.38. The van der Waals surface area contributed by atoms with Crippen molar-refractivity contribution in [3.8, 4) is 0 Å². The number of benzene rings is 3. The van der Waals surface area contributed by atoms with E-state index >= 15 is 0 Å². The van der Waals surface area contributed by atoms with Crippen LogP contribution >= 0.6 is 0 Å². The lowest BCUT2D eigenvalue weighted by atomic mass is 10.0. The van der Waals surface area contributed by atoms with E-state index in [1.54, 1.807) is 0 Å². The summed E-state index contributed by atoms with van der Waals surface area (Å²) < 4.78 is 39.4. The van der Waals surface area contributed by atoms with Gasteiger partial charge in [0.25, 0.3) is 5.91 Å². The molecule has 0 atom stereocenters. The number of aryl methyl sites for hydroxylation is 1. The number of carboxylic acids is 1. The zero-order valence-corrected chi connectivity index (χ0v) is 16.2. The molecule has 3 rings (SSSR count). The summed E-state index contributed by atoms with van der Waals surface area (Å²) in [5, 5.41) is 10.6. The van der Waals surface area contributed by atoms with Gasteiger partial charge in [-0.15, -0.1) is 0 Å². The number of amides is 1. The van der Waals surface area contributed by atoms with Gasteiger partial charge in [-0.3, -0.25) is 9.59 Å². The maximum Gasteiger partial charge on any atom is 0.416 e. The second-order valence-corrected chi connectivity index (χ2v) is 6.98. The van der Waals surface area contributed by atoms with Crippen molar-refractivity contribution >= 4 is 28.3 Å². The van der Waals surface area contributed by atoms with Crippen LogP contribution in [0.15, 0.2) is 60.7 Å². The van der Waals surface area contributed by atoms with Gasteiger partial charge in [0.2, 0.25) is 0 Å². The molecule has 0 aliphatic carbocycles. The summed E-state index contributed by atoms with van der Waals surface area (Å²) in [4.78, 5) is 25.7. The van der Waals surface area contributed by atoms with Crippen LogP contribution in [0, 0.1) is 6.92 Å². The average Bonchev–Trinajstić information content (AvgIpc) is 2.71. The van der Waals surface area contributed by atoms with Crippen LogP contribution in [0.2, 0.25) is 0 Å². The Labute approximate surface area is 171 Å². The minimum Gasteiger partial charge on any atom is -0.481 e. The van der Waals surface area contributed by atoms with Crippen LogP contribution in [0.5, 0.6) is 0 Å². The molecule has 4 nitrogen and oxygen atoms in total. The van der Waals surface area contributed by atoms with Crippen molar-refractivity contribution in [3.63, 3.8) is 0 Å². The minimum atomic E-state index is -4.57. The molecule has 0 heterocycles. The van der Waals surface area contributed by atoms with Crippen LogP contribution in [-0.2, 0) is 11.0 Å². The highest BCUT2D eigenvalue weighted by Gasteiger charge is 2.31. The zero-order chi connectivity index (χ0) is 21.9. The number of anilines is 1. The Kier molecular flexibility index (Phi) is 6.10. The zero-order valence-electron chi connectivity index (χ0n) is 16.2. The molecule has 156 valence electrons. The van der Waals surface area contributed by atoms with E-state index in [0.29, 0.717) is 5.69 Å². The van der Waals surface area contributed by atoms with Crippen molar-refractivity contribution in [2.45, 2.75) is 25.9 Å². The summed E-state index contributed by atoms with van der Waals surface area (Å²) in [5.41, 5.74) is 0.325. The van der Waals surface area contributed by atoms with Gasteiger partial charge in [-0.25, -0.2) is 0 Å². The summed E-state index contributed by atoms with van der Waals surface area (Å²) in [6, 6.07) is 15.4. The predicted octanol–water partition coefficient (Wildman–Crippen LogP) is 5.68. The first-order valence-corrected chi connectivity index (χ1v) is 9.38. The molecule has 0 aliphatic rings. The molecule has 0 bridgehead atoms. The van der Waals surface area contributed by atoms with Crippen molar-refractivity contribution in [2.24, 2.45) is 0 Å². The molecule has 0 aromatic heterocycles. The number of nitrogens with zero attached hydrogens (tertiary/aromatic N) is 1. The van der Waals surface area contributed by atoms with Crippen LogP contribution < -0.4 is 4.90 Å². The number of hydrogen-bond donors (Lipinski definition) is 1. The van der Waals surface area contributed by atoms with E-state index in [2.05, 4.69) is 0 Å². The first kappa shape index (κ1) is 21.4. The Balaban J connectivity index is 2.09. The Bertz CT molecular complexity index is 1090. The van der Waals surface area contributed by atoms with Gasteiger partial charge in [0.15, 0.2) is 0 Å². The lowest BCUT2D eigenvalue weighted by Gasteiger charge is -2.26. The number of aliphatic carboxylic acids is 1. The molecule has 7 heteroatoms. The summed E-state index contributed by atoms with van der Waals surface area (Å²) in [5.74, 6) is -1.61. The third-order valence-electron chi connectivity index (χ3n) is 4.83. The van der Waals surface area contributed by atoms with Crippen LogP contribution in [0.25, 0.3) is 10.8 Å². The number of carboxylic acid groups (broad SMARTS) is 1. The number of carbonyl (C=O) groups is 2. The van der Waals surface area contributed by atoms with Crippen molar-refractivity contribution < 1.29 is 27.9 Å². The van der Waals surface area contributed by atoms with Gasteiger partial charge in [-0.05, 0) is 42.5 Å². The van der Waals surface area contributed by atoms with Crippen LogP contribution in [-0.4, -0.2) is 23.5 Å². The molecule has 0 fully saturated rings. The largest absolute Gasteiger partial charge is 0.481 e. The van der Waals surface area contributed by atoms with E-state index < -0.39 is 23.6 Å². The van der Waals surface area contributed by atoms with E-state index in [1.807, 2.05) is 43.3 Å². The molecule has 0 saturated heterocycles. The Hall–Kier alpha value is -3.35. The summed E-state index contributed by atoms with van der Waals surface area (Å²) in [7, 11) is 0. The summed E-state index contributed by atoms with van der Waals surface area (Å²) in [6.07, 6.45) is -4.56. The van der Waals surface area contributed by atoms with Crippen LogP contribution in [0.4, 0.5) is 18.9 Å². The fourth-order valence-electron chi connectivity index (χ4n) is 3.41. The highest BCUT2D eigenvalue weighted by molar-refractivity contribution is 6.11. The second kappa shape index (κ2) is 8.57. The third-order valence-corrected chi connectivity index (χ3v) is 4.83. The smallest absolute Gasteiger partial charge is 0.416 e. The van der Waals surface area contributed by atoms with E-state index in [9.17, 15) is 22.8 Å². The van der Waals surface area contributed by atoms with Crippen molar-refractivity contribution in [2.75, 3.05) is 11.4 Å². The average molecular weight is 415 g/mol. The van der Waals surface area contributed by atoms with Crippen LogP contribution in [0.1, 0.15) is 34.3 Å². The summed E-state index contributed by atoms with van der Waals surface area (Å²) in [6.45, 7) is 1.88. The van der Waals surface area contributed by atoms with E-state index in [4.69, 9.17) is 5.11 Å². The van der Waals surface area contributed by atoms with Gasteiger partial charge in [-0.1, -0.05) is 42.5 Å². The molecular weight excluding hydrogens is 395 g/mol. The summed E-state index contributed by atoms with van der Waals surface area (Å²) >= 11 is 0. The number of halogens is 3. The van der Waals surface area contributed by atoms with Crippen LogP contribution in [0.3, 0.4) is 0 Å². The molecule has 0 saturated carbocycles. The van der Waals surface area contributed by atoms with Crippen molar-refractivity contribution in [1.29, 1.82) is 0 Å². The molecule has 3 aromatic rings. The molecule has 30 heavy (non-hydrogen) atoms. The molecule has 3 aromatic carbocycles. The topological polar surface area (TPSA) is 57.6 Å². The number of fused-ring (bicyclic) bond motifs is 1. The second-order valence-electron chi connectivity index (χ2n) is 6.98. The molecule has 0 unspecified atom stereocenters. The predicted molar refractivity (Wildman–Crippen MR) is 109 cm³/mol. The maximum atomic E-state index is 13.3. The molecule has 0 aliphatic heterocycles. The fourth-order valence-corrected chi connectivity index (χ4v) is 3.41. The quantitative estimate of drug-likeness (QED) is 0.564. The third kappa shape index (κ3) is 4.62. The van der Waals surface area contributed by atoms with Gasteiger partial charge in [0.05, 0.1) is 11.3 Å². The minimum absolute atomic E-state index is 0.0657. The lowest BCUT2D eigenvalue weighted by Crippen LogP contribution is -2.33. The normalized spacial score (nSPS) is 11.5. The molecule has 0 spiro atoms. The van der Waals surface area contributed by atoms with Gasteiger partial charge in [0, 0.05) is 23.9 Å². The standard InChI is InChI=1S/C23H20F3NO3/c1-15-11-12-16-6-2-3-9-19(16)21(15)27(13-5-10-20(28)29)22(30)17-7-4-8-18(14-17)23(24,25)26/h2-4,6-9,11-12,14H,5,10,13H2,1H3,(H,28,29). The maximum absolute atomic E-state index is 13.3. The van der Waals surface area contributed by atoms with Crippen molar-refractivity contribution in [3.05, 3.63) is 77.4 Å². The van der Waals surface area contributed by atoms with E-state index in [1.165, 1.54) is 17.0 Å². The SMILES string of the molecule is Cc1ccc2ccccc2c1N(CCCC(=O)O)C(=O)c1cccc(C(F)(F)F)c1. The molecular formula is C23H20F3NO3. The van der Waals surface area contributed by atoms with Gasteiger partial charge < -0.3 is 10.0 Å². The Morgan fingerprint density at radius 1 is 1.00 bits per heavy atom. The molecule has 1 N–H and O–H groups in total. The number of alkyl halides is 3. The van der Waals surface area contributed by atoms with Gasteiger partial charge in [0.1, 0.15) is 0 Å². The monoisotopic (exact) mass is 415 g/mol. The highest BCUT2D eigenvalue weighted by Crippen LogP contribution is 2.33. The Morgan fingerprint density at radius 2 is 1.73 bits per heavy atom. The Morgan fingerprint density at radius 3 is 2.43 bits per heavy atom. The highest BCUT2D eigenvalue weighted by atomic mass is 19.4. The van der Waals surface area contributed by atoms with E-state index in [-0.39, 0.29) is 24.9 Å².